The minimum atomic E-state index is 0.496. The first-order chi connectivity index (χ1) is 10.3. The van der Waals surface area contributed by atoms with Crippen LogP contribution in [0.25, 0.3) is 5.52 Å². The smallest absolute Gasteiger partial charge is 0.154 e. The number of hydrogen-bond acceptors (Lipinski definition) is 5. The number of ether oxygens (including phenoxy) is 1. The Morgan fingerprint density at radius 2 is 2.38 bits per heavy atom. The van der Waals surface area contributed by atoms with Crippen LogP contribution >= 0.6 is 0 Å². The van der Waals surface area contributed by atoms with Crippen molar-refractivity contribution in [3.8, 4) is 0 Å². The van der Waals surface area contributed by atoms with E-state index in [0.29, 0.717) is 6.04 Å². The highest BCUT2D eigenvalue weighted by molar-refractivity contribution is 5.69. The molecule has 0 aromatic carbocycles. The molecule has 0 saturated carbocycles. The first-order valence-electron chi connectivity index (χ1n) is 7.57. The number of nitrogens with one attached hydrogen (secondary N) is 1. The summed E-state index contributed by atoms with van der Waals surface area (Å²) in [6.45, 7) is 5.70. The number of methoxy groups -OCH3 is 1. The zero-order valence-electron chi connectivity index (χ0n) is 12.7. The highest BCUT2D eigenvalue weighted by Gasteiger charge is 2.27. The Bertz CT molecular complexity index is 597. The van der Waals surface area contributed by atoms with Gasteiger partial charge in [0.05, 0.1) is 12.3 Å². The van der Waals surface area contributed by atoms with E-state index in [1.165, 1.54) is 12.8 Å². The number of hydrogen-bond donors (Lipinski definition) is 1. The van der Waals surface area contributed by atoms with Crippen molar-refractivity contribution < 1.29 is 4.74 Å². The van der Waals surface area contributed by atoms with Gasteiger partial charge in [-0.25, -0.2) is 9.50 Å². The van der Waals surface area contributed by atoms with Gasteiger partial charge < -0.3 is 15.0 Å². The molecule has 6 heteroatoms. The van der Waals surface area contributed by atoms with E-state index < -0.39 is 0 Å². The second-order valence-electron chi connectivity index (χ2n) is 5.55. The molecule has 2 aromatic heterocycles. The van der Waals surface area contributed by atoms with Crippen LogP contribution in [0.4, 0.5) is 5.82 Å². The van der Waals surface area contributed by atoms with Crippen LogP contribution in [0.3, 0.4) is 0 Å². The zero-order chi connectivity index (χ0) is 14.7. The SMILES string of the molecule is COCCNCC1CCCN1c1nccn2nc(C)cc12. The van der Waals surface area contributed by atoms with Gasteiger partial charge in [-0.2, -0.15) is 5.10 Å². The fraction of sp³-hybridized carbons (Fsp3) is 0.600. The van der Waals surface area contributed by atoms with E-state index in [9.17, 15) is 0 Å². The van der Waals surface area contributed by atoms with E-state index in [0.717, 1.165) is 43.3 Å². The van der Waals surface area contributed by atoms with Gasteiger partial charge in [0.25, 0.3) is 0 Å². The van der Waals surface area contributed by atoms with Gasteiger partial charge in [-0.05, 0) is 25.8 Å². The lowest BCUT2D eigenvalue weighted by molar-refractivity contribution is 0.199. The highest BCUT2D eigenvalue weighted by Crippen LogP contribution is 2.27. The van der Waals surface area contributed by atoms with Gasteiger partial charge in [0.15, 0.2) is 5.82 Å². The summed E-state index contributed by atoms with van der Waals surface area (Å²) in [4.78, 5) is 7.02. The minimum absolute atomic E-state index is 0.496. The lowest BCUT2D eigenvalue weighted by Gasteiger charge is -2.26. The molecule has 0 amide bonds. The van der Waals surface area contributed by atoms with Gasteiger partial charge in [-0.3, -0.25) is 0 Å². The van der Waals surface area contributed by atoms with Crippen molar-refractivity contribution in [1.82, 2.24) is 19.9 Å². The van der Waals surface area contributed by atoms with Crippen LogP contribution in [-0.2, 0) is 4.74 Å². The summed E-state index contributed by atoms with van der Waals surface area (Å²) in [6, 6.07) is 2.60. The number of anilines is 1. The third-order valence-electron chi connectivity index (χ3n) is 4.00. The fourth-order valence-corrected chi connectivity index (χ4v) is 3.02. The third kappa shape index (κ3) is 3.01. The van der Waals surface area contributed by atoms with Gasteiger partial charge >= 0.3 is 0 Å². The molecule has 1 unspecified atom stereocenters. The second kappa shape index (κ2) is 6.41. The Balaban J connectivity index is 1.77. The Labute approximate surface area is 125 Å². The average Bonchev–Trinajstić information content (AvgIpc) is 3.08. The van der Waals surface area contributed by atoms with Crippen LogP contribution in [0.5, 0.6) is 0 Å². The molecule has 0 radical (unpaired) electrons. The monoisotopic (exact) mass is 289 g/mol. The standard InChI is InChI=1S/C15H23N5O/c1-12-10-14-15(17-5-8-20(14)18-12)19-7-3-4-13(19)11-16-6-9-21-2/h5,8,10,13,16H,3-4,6-7,9,11H2,1-2H3. The number of nitrogens with zero attached hydrogens (tertiary/aromatic N) is 4. The first kappa shape index (κ1) is 14.3. The van der Waals surface area contributed by atoms with Crippen molar-refractivity contribution in [3.05, 3.63) is 24.2 Å². The van der Waals surface area contributed by atoms with Crippen molar-refractivity contribution in [3.63, 3.8) is 0 Å². The maximum absolute atomic E-state index is 5.08. The lowest BCUT2D eigenvalue weighted by Crippen LogP contribution is -2.39. The summed E-state index contributed by atoms with van der Waals surface area (Å²) in [7, 11) is 1.73. The van der Waals surface area contributed by atoms with Crippen LogP contribution in [0.1, 0.15) is 18.5 Å². The van der Waals surface area contributed by atoms with Gasteiger partial charge in [-0.1, -0.05) is 0 Å². The zero-order valence-corrected chi connectivity index (χ0v) is 12.7. The summed E-state index contributed by atoms with van der Waals surface area (Å²) >= 11 is 0. The van der Waals surface area contributed by atoms with E-state index >= 15 is 0 Å². The Morgan fingerprint density at radius 3 is 3.24 bits per heavy atom. The molecule has 6 nitrogen and oxygen atoms in total. The quantitative estimate of drug-likeness (QED) is 0.811. The number of fused-ring (bicyclic) bond motifs is 1. The number of aryl methyl sites for hydroxylation is 1. The summed E-state index contributed by atoms with van der Waals surface area (Å²) in [5, 5.41) is 7.94. The fourth-order valence-electron chi connectivity index (χ4n) is 3.02. The molecule has 1 aliphatic rings. The predicted octanol–water partition coefficient (Wildman–Crippen LogP) is 1.24. The Morgan fingerprint density at radius 1 is 1.48 bits per heavy atom. The molecule has 1 atom stereocenters. The molecule has 1 aliphatic heterocycles. The van der Waals surface area contributed by atoms with Crippen molar-refractivity contribution in [2.24, 2.45) is 0 Å². The lowest BCUT2D eigenvalue weighted by atomic mass is 10.2. The van der Waals surface area contributed by atoms with Crippen LogP contribution in [0.15, 0.2) is 18.5 Å². The van der Waals surface area contributed by atoms with Crippen LogP contribution < -0.4 is 10.2 Å². The molecule has 2 aromatic rings. The van der Waals surface area contributed by atoms with Crippen molar-refractivity contribution >= 4 is 11.3 Å². The number of aromatic nitrogens is 3. The van der Waals surface area contributed by atoms with Crippen LogP contribution in [0.2, 0.25) is 0 Å². The normalized spacial score (nSPS) is 18.8. The number of rotatable bonds is 6. The van der Waals surface area contributed by atoms with E-state index in [2.05, 4.69) is 26.4 Å². The van der Waals surface area contributed by atoms with E-state index in [-0.39, 0.29) is 0 Å². The molecule has 21 heavy (non-hydrogen) atoms. The van der Waals surface area contributed by atoms with E-state index in [4.69, 9.17) is 4.74 Å². The maximum atomic E-state index is 5.08. The maximum Gasteiger partial charge on any atom is 0.154 e. The average molecular weight is 289 g/mol. The molecule has 0 aliphatic carbocycles. The van der Waals surface area contributed by atoms with Gasteiger partial charge in [0, 0.05) is 45.2 Å². The van der Waals surface area contributed by atoms with Crippen LogP contribution in [-0.4, -0.2) is 54.0 Å². The molecule has 3 rings (SSSR count). The largest absolute Gasteiger partial charge is 0.383 e. The van der Waals surface area contributed by atoms with E-state index in [1.807, 2.05) is 23.8 Å². The summed E-state index contributed by atoms with van der Waals surface area (Å²) in [5.74, 6) is 1.05. The van der Waals surface area contributed by atoms with Crippen molar-refractivity contribution in [2.75, 3.05) is 38.3 Å². The van der Waals surface area contributed by atoms with Crippen molar-refractivity contribution in [1.29, 1.82) is 0 Å². The van der Waals surface area contributed by atoms with Crippen LogP contribution in [0, 0.1) is 6.92 Å². The summed E-state index contributed by atoms with van der Waals surface area (Å²) in [5.41, 5.74) is 2.12. The minimum Gasteiger partial charge on any atom is -0.383 e. The topological polar surface area (TPSA) is 54.7 Å². The molecule has 0 spiro atoms. The third-order valence-corrected chi connectivity index (χ3v) is 4.00. The molecule has 1 fully saturated rings. The van der Waals surface area contributed by atoms with Gasteiger partial charge in [0.2, 0.25) is 0 Å². The molecular formula is C15H23N5O. The first-order valence-corrected chi connectivity index (χ1v) is 7.57. The van der Waals surface area contributed by atoms with Crippen molar-refractivity contribution in [2.45, 2.75) is 25.8 Å². The Kier molecular flexibility index (Phi) is 4.36. The summed E-state index contributed by atoms with van der Waals surface area (Å²) in [6.07, 6.45) is 6.17. The highest BCUT2D eigenvalue weighted by atomic mass is 16.5. The molecule has 3 heterocycles. The molecule has 0 bridgehead atoms. The Hall–Kier alpha value is -1.66. The molecular weight excluding hydrogens is 266 g/mol. The second-order valence-corrected chi connectivity index (χ2v) is 5.55. The predicted molar refractivity (Wildman–Crippen MR) is 82.8 cm³/mol. The van der Waals surface area contributed by atoms with Gasteiger partial charge in [0.1, 0.15) is 5.52 Å². The molecule has 1 saturated heterocycles. The van der Waals surface area contributed by atoms with Gasteiger partial charge in [-0.15, -0.1) is 0 Å². The molecule has 114 valence electrons. The molecule has 1 N–H and O–H groups in total. The summed E-state index contributed by atoms with van der Waals surface area (Å²) < 4.78 is 7.00. The van der Waals surface area contributed by atoms with E-state index in [1.54, 1.807) is 7.11 Å².